The van der Waals surface area contributed by atoms with Crippen LogP contribution in [0.25, 0.3) is 0 Å². The summed E-state index contributed by atoms with van der Waals surface area (Å²) < 4.78 is 5.20. The zero-order valence-electron chi connectivity index (χ0n) is 12.8. The predicted molar refractivity (Wildman–Crippen MR) is 78.9 cm³/mol. The molecule has 1 aliphatic rings. The van der Waals surface area contributed by atoms with Crippen molar-refractivity contribution >= 4 is 17.7 Å². The SMILES string of the molecule is Cc1ccncc1NC(=O)C1(NC(=O)OC(C)(C)C)CC1. The van der Waals surface area contributed by atoms with Gasteiger partial charge in [-0.2, -0.15) is 0 Å². The number of pyridine rings is 1. The van der Waals surface area contributed by atoms with Crippen LogP contribution in [-0.4, -0.2) is 28.1 Å². The van der Waals surface area contributed by atoms with Gasteiger partial charge in [0.2, 0.25) is 5.91 Å². The quantitative estimate of drug-likeness (QED) is 0.896. The summed E-state index contributed by atoms with van der Waals surface area (Å²) in [6.07, 6.45) is 3.90. The molecule has 2 rings (SSSR count). The summed E-state index contributed by atoms with van der Waals surface area (Å²) in [6.45, 7) is 7.24. The third-order valence-corrected chi connectivity index (χ3v) is 3.21. The lowest BCUT2D eigenvalue weighted by atomic mass is 10.2. The first kappa shape index (κ1) is 15.3. The van der Waals surface area contributed by atoms with Crippen molar-refractivity contribution in [2.45, 2.75) is 51.7 Å². The van der Waals surface area contributed by atoms with E-state index >= 15 is 0 Å². The smallest absolute Gasteiger partial charge is 0.408 e. The molecule has 0 spiro atoms. The molecule has 2 amide bonds. The number of ether oxygens (including phenoxy) is 1. The molecule has 6 nitrogen and oxygen atoms in total. The molecule has 0 saturated heterocycles. The first-order valence-corrected chi connectivity index (χ1v) is 6.95. The molecule has 1 fully saturated rings. The molecular formula is C15H21N3O3. The summed E-state index contributed by atoms with van der Waals surface area (Å²) in [6, 6.07) is 1.82. The summed E-state index contributed by atoms with van der Waals surface area (Å²) in [5.41, 5.74) is 0.132. The Morgan fingerprint density at radius 2 is 2.00 bits per heavy atom. The molecule has 0 radical (unpaired) electrons. The van der Waals surface area contributed by atoms with Crippen LogP contribution in [0.5, 0.6) is 0 Å². The van der Waals surface area contributed by atoms with E-state index in [1.807, 2.05) is 13.0 Å². The normalized spacial score (nSPS) is 16.0. The van der Waals surface area contributed by atoms with Crippen LogP contribution < -0.4 is 10.6 Å². The predicted octanol–water partition coefficient (Wildman–Crippen LogP) is 2.39. The van der Waals surface area contributed by atoms with E-state index in [0.29, 0.717) is 18.5 Å². The van der Waals surface area contributed by atoms with Crippen LogP contribution in [0, 0.1) is 6.92 Å². The highest BCUT2D eigenvalue weighted by Gasteiger charge is 2.52. The van der Waals surface area contributed by atoms with Gasteiger partial charge in [-0.05, 0) is 52.2 Å². The summed E-state index contributed by atoms with van der Waals surface area (Å²) in [5, 5.41) is 5.48. The van der Waals surface area contributed by atoms with Crippen molar-refractivity contribution in [1.82, 2.24) is 10.3 Å². The van der Waals surface area contributed by atoms with Crippen molar-refractivity contribution in [3.05, 3.63) is 24.0 Å². The highest BCUT2D eigenvalue weighted by atomic mass is 16.6. The second kappa shape index (κ2) is 5.35. The second-order valence-corrected chi connectivity index (χ2v) is 6.35. The van der Waals surface area contributed by atoms with Gasteiger partial charge in [0.1, 0.15) is 11.1 Å². The van der Waals surface area contributed by atoms with E-state index in [0.717, 1.165) is 5.56 Å². The molecule has 0 aliphatic heterocycles. The molecule has 0 aromatic carbocycles. The number of nitrogens with zero attached hydrogens (tertiary/aromatic N) is 1. The van der Waals surface area contributed by atoms with Crippen molar-refractivity contribution in [3.8, 4) is 0 Å². The maximum Gasteiger partial charge on any atom is 0.408 e. The molecule has 1 saturated carbocycles. The van der Waals surface area contributed by atoms with Crippen molar-refractivity contribution < 1.29 is 14.3 Å². The number of rotatable bonds is 3. The molecule has 1 aromatic rings. The number of hydrogen-bond donors (Lipinski definition) is 2. The van der Waals surface area contributed by atoms with Crippen molar-refractivity contribution in [2.24, 2.45) is 0 Å². The third-order valence-electron chi connectivity index (χ3n) is 3.21. The molecule has 0 atom stereocenters. The maximum absolute atomic E-state index is 12.3. The topological polar surface area (TPSA) is 80.3 Å². The van der Waals surface area contributed by atoms with Crippen molar-refractivity contribution in [1.29, 1.82) is 0 Å². The standard InChI is InChI=1S/C15H21N3O3/c1-10-5-8-16-9-11(10)17-12(19)15(6-7-15)18-13(20)21-14(2,3)4/h5,8-9H,6-7H2,1-4H3,(H,17,19)(H,18,20). The van der Waals surface area contributed by atoms with Gasteiger partial charge < -0.3 is 15.4 Å². The van der Waals surface area contributed by atoms with Crippen LogP contribution in [0.3, 0.4) is 0 Å². The van der Waals surface area contributed by atoms with E-state index in [1.54, 1.807) is 33.2 Å². The first-order chi connectivity index (χ1) is 9.72. The van der Waals surface area contributed by atoms with E-state index in [-0.39, 0.29) is 5.91 Å². The Morgan fingerprint density at radius 1 is 1.33 bits per heavy atom. The summed E-state index contributed by atoms with van der Waals surface area (Å²) in [5.74, 6) is -0.232. The highest BCUT2D eigenvalue weighted by Crippen LogP contribution is 2.37. The monoisotopic (exact) mass is 291 g/mol. The minimum Gasteiger partial charge on any atom is -0.444 e. The lowest BCUT2D eigenvalue weighted by molar-refractivity contribution is -0.119. The maximum atomic E-state index is 12.3. The van der Waals surface area contributed by atoms with Gasteiger partial charge in [-0.1, -0.05) is 0 Å². The van der Waals surface area contributed by atoms with Crippen molar-refractivity contribution in [3.63, 3.8) is 0 Å². The average molecular weight is 291 g/mol. The minimum atomic E-state index is -0.857. The lowest BCUT2D eigenvalue weighted by Gasteiger charge is -2.23. The minimum absolute atomic E-state index is 0.232. The Hall–Kier alpha value is -2.11. The van der Waals surface area contributed by atoms with Crippen LogP contribution in [-0.2, 0) is 9.53 Å². The second-order valence-electron chi connectivity index (χ2n) is 6.35. The average Bonchev–Trinajstić information content (AvgIpc) is 3.10. The zero-order chi connectivity index (χ0) is 15.7. The largest absolute Gasteiger partial charge is 0.444 e. The van der Waals surface area contributed by atoms with Gasteiger partial charge in [0, 0.05) is 6.20 Å². The van der Waals surface area contributed by atoms with E-state index in [2.05, 4.69) is 15.6 Å². The van der Waals surface area contributed by atoms with Crippen LogP contribution in [0.1, 0.15) is 39.2 Å². The number of aryl methyl sites for hydroxylation is 1. The number of carbonyl (C=O) groups excluding carboxylic acids is 2. The Bertz CT molecular complexity index is 560. The Kier molecular flexibility index (Phi) is 3.89. The van der Waals surface area contributed by atoms with E-state index in [1.165, 1.54) is 0 Å². The molecule has 1 aliphatic carbocycles. The summed E-state index contributed by atoms with van der Waals surface area (Å²) >= 11 is 0. The van der Waals surface area contributed by atoms with Gasteiger partial charge in [-0.25, -0.2) is 4.79 Å². The fraction of sp³-hybridized carbons (Fsp3) is 0.533. The molecule has 21 heavy (non-hydrogen) atoms. The molecular weight excluding hydrogens is 270 g/mol. The summed E-state index contributed by atoms with van der Waals surface area (Å²) in [4.78, 5) is 28.1. The molecule has 114 valence electrons. The number of carbonyl (C=O) groups is 2. The van der Waals surface area contributed by atoms with Crippen LogP contribution in [0.15, 0.2) is 18.5 Å². The molecule has 6 heteroatoms. The van der Waals surface area contributed by atoms with Gasteiger partial charge in [-0.15, -0.1) is 0 Å². The van der Waals surface area contributed by atoms with E-state index in [4.69, 9.17) is 4.74 Å². The number of amides is 2. The Labute approximate surface area is 124 Å². The molecule has 1 aromatic heterocycles. The number of nitrogens with one attached hydrogen (secondary N) is 2. The fourth-order valence-corrected chi connectivity index (χ4v) is 1.87. The third kappa shape index (κ3) is 3.93. The Morgan fingerprint density at radius 3 is 2.52 bits per heavy atom. The lowest BCUT2D eigenvalue weighted by Crippen LogP contribution is -2.47. The molecule has 2 N–H and O–H groups in total. The number of alkyl carbamates (subject to hydrolysis) is 1. The van der Waals surface area contributed by atoms with Crippen molar-refractivity contribution in [2.75, 3.05) is 5.32 Å². The van der Waals surface area contributed by atoms with Gasteiger partial charge in [0.15, 0.2) is 0 Å². The van der Waals surface area contributed by atoms with Gasteiger partial charge in [0.05, 0.1) is 11.9 Å². The van der Waals surface area contributed by atoms with E-state index in [9.17, 15) is 9.59 Å². The first-order valence-electron chi connectivity index (χ1n) is 6.95. The van der Waals surface area contributed by atoms with Gasteiger partial charge in [-0.3, -0.25) is 9.78 Å². The molecule has 0 bridgehead atoms. The summed E-state index contributed by atoms with van der Waals surface area (Å²) in [7, 11) is 0. The van der Waals surface area contributed by atoms with E-state index < -0.39 is 17.2 Å². The van der Waals surface area contributed by atoms with Gasteiger partial charge >= 0.3 is 6.09 Å². The van der Waals surface area contributed by atoms with Gasteiger partial charge in [0.25, 0.3) is 0 Å². The number of anilines is 1. The molecule has 0 unspecified atom stereocenters. The Balaban J connectivity index is 1.99. The number of aromatic nitrogens is 1. The fourth-order valence-electron chi connectivity index (χ4n) is 1.87. The van der Waals surface area contributed by atoms with Crippen LogP contribution in [0.2, 0.25) is 0 Å². The van der Waals surface area contributed by atoms with Crippen LogP contribution in [0.4, 0.5) is 10.5 Å². The highest BCUT2D eigenvalue weighted by molar-refractivity contribution is 6.02. The zero-order valence-corrected chi connectivity index (χ0v) is 12.8. The van der Waals surface area contributed by atoms with Crippen LogP contribution >= 0.6 is 0 Å². The number of hydrogen-bond acceptors (Lipinski definition) is 4. The molecule has 1 heterocycles.